The van der Waals surface area contributed by atoms with E-state index in [2.05, 4.69) is 19.9 Å². The van der Waals surface area contributed by atoms with Crippen molar-refractivity contribution >= 4 is 35.2 Å². The zero-order valence-corrected chi connectivity index (χ0v) is 14.8. The van der Waals surface area contributed by atoms with E-state index in [0.29, 0.717) is 12.1 Å². The molecule has 144 valence electrons. The number of halogens is 6. The summed E-state index contributed by atoms with van der Waals surface area (Å²) in [7, 11) is 0. The number of hydrogen-bond acceptors (Lipinski definition) is 8. The van der Waals surface area contributed by atoms with Crippen molar-refractivity contribution in [2.45, 2.75) is 22.7 Å². The second-order valence-electron chi connectivity index (χ2n) is 4.33. The zero-order chi connectivity index (χ0) is 20.1. The van der Waals surface area contributed by atoms with Crippen LogP contribution >= 0.6 is 23.5 Å². The minimum Gasteiger partial charge on any atom is -0.384 e. The summed E-state index contributed by atoms with van der Waals surface area (Å²) in [6, 6.07) is 1.42. The molecule has 0 radical (unpaired) electrons. The van der Waals surface area contributed by atoms with Gasteiger partial charge in [-0.25, -0.2) is 19.9 Å². The summed E-state index contributed by atoms with van der Waals surface area (Å²) in [6.07, 6.45) is -5.78. The molecule has 0 aromatic carbocycles. The van der Waals surface area contributed by atoms with Gasteiger partial charge in [-0.05, 0) is 12.5 Å². The number of anilines is 2. The monoisotopic (exact) mass is 418 g/mol. The van der Waals surface area contributed by atoms with Crippen molar-refractivity contribution in [1.29, 1.82) is 0 Å². The van der Waals surface area contributed by atoms with E-state index in [1.165, 1.54) is 0 Å². The van der Waals surface area contributed by atoms with Gasteiger partial charge in [-0.1, -0.05) is 23.5 Å². The van der Waals surface area contributed by atoms with E-state index in [9.17, 15) is 26.3 Å². The second-order valence-corrected chi connectivity index (χ2v) is 5.87. The quantitative estimate of drug-likeness (QED) is 0.433. The van der Waals surface area contributed by atoms with E-state index >= 15 is 0 Å². The standard InChI is InChI=1S/2C6H6F3N3S/c2*1-13-5-11-3(6(7,8)9)2-4(10)12-5/h2*2H,1H3,(H2,10,11,12). The van der Waals surface area contributed by atoms with Crippen LogP contribution in [0.1, 0.15) is 11.4 Å². The predicted octanol–water partition coefficient (Wildman–Crippen LogP) is 3.60. The summed E-state index contributed by atoms with van der Waals surface area (Å²) in [4.78, 5) is 13.7. The summed E-state index contributed by atoms with van der Waals surface area (Å²) >= 11 is 2.02. The number of aromatic nitrogens is 4. The van der Waals surface area contributed by atoms with Crippen molar-refractivity contribution in [3.8, 4) is 0 Å². The molecule has 0 amide bonds. The molecule has 0 saturated carbocycles. The van der Waals surface area contributed by atoms with Gasteiger partial charge in [0.05, 0.1) is 0 Å². The molecule has 0 aliphatic heterocycles. The highest BCUT2D eigenvalue weighted by atomic mass is 32.2. The van der Waals surface area contributed by atoms with Crippen molar-refractivity contribution in [1.82, 2.24) is 19.9 Å². The lowest BCUT2D eigenvalue weighted by Crippen LogP contribution is -2.10. The average Bonchev–Trinajstić information content (AvgIpc) is 2.52. The highest BCUT2D eigenvalue weighted by Crippen LogP contribution is 2.30. The highest BCUT2D eigenvalue weighted by Gasteiger charge is 2.34. The topological polar surface area (TPSA) is 104 Å². The van der Waals surface area contributed by atoms with Crippen LogP contribution in [-0.4, -0.2) is 32.4 Å². The highest BCUT2D eigenvalue weighted by molar-refractivity contribution is 7.98. The van der Waals surface area contributed by atoms with Gasteiger partial charge in [0.15, 0.2) is 21.7 Å². The number of alkyl halides is 6. The van der Waals surface area contributed by atoms with Crippen LogP contribution in [0.5, 0.6) is 0 Å². The number of thioether (sulfide) groups is 2. The zero-order valence-electron chi connectivity index (χ0n) is 13.2. The van der Waals surface area contributed by atoms with Crippen LogP contribution in [0.2, 0.25) is 0 Å². The van der Waals surface area contributed by atoms with Crippen LogP contribution in [0.3, 0.4) is 0 Å². The minimum atomic E-state index is -4.47. The molecule has 0 spiro atoms. The van der Waals surface area contributed by atoms with Gasteiger partial charge in [0.1, 0.15) is 11.6 Å². The third kappa shape index (κ3) is 6.74. The van der Waals surface area contributed by atoms with Crippen molar-refractivity contribution in [2.24, 2.45) is 0 Å². The molecule has 2 aromatic rings. The minimum absolute atomic E-state index is 0.0207. The predicted molar refractivity (Wildman–Crippen MR) is 86.5 cm³/mol. The lowest BCUT2D eigenvalue weighted by Gasteiger charge is -2.06. The van der Waals surface area contributed by atoms with Crippen LogP contribution in [-0.2, 0) is 12.4 Å². The van der Waals surface area contributed by atoms with E-state index in [1.54, 1.807) is 12.5 Å². The van der Waals surface area contributed by atoms with Crippen LogP contribution in [0.25, 0.3) is 0 Å². The van der Waals surface area contributed by atoms with Crippen LogP contribution in [0.4, 0.5) is 38.0 Å². The fraction of sp³-hybridized carbons (Fsp3) is 0.333. The van der Waals surface area contributed by atoms with Gasteiger partial charge in [-0.2, -0.15) is 26.3 Å². The fourth-order valence-corrected chi connectivity index (χ4v) is 2.13. The Labute approximate surface area is 152 Å². The van der Waals surface area contributed by atoms with Gasteiger partial charge >= 0.3 is 12.4 Å². The van der Waals surface area contributed by atoms with Crippen molar-refractivity contribution in [3.05, 3.63) is 23.5 Å². The van der Waals surface area contributed by atoms with Gasteiger partial charge < -0.3 is 11.5 Å². The Balaban J connectivity index is 0.000000260. The normalized spacial score (nSPS) is 11.7. The molecule has 0 fully saturated rings. The Morgan fingerprint density at radius 2 is 1.00 bits per heavy atom. The third-order valence-electron chi connectivity index (χ3n) is 2.40. The molecule has 14 heteroatoms. The first kappa shape index (κ1) is 22.1. The first-order valence-electron chi connectivity index (χ1n) is 6.38. The smallest absolute Gasteiger partial charge is 0.384 e. The maximum atomic E-state index is 12.1. The van der Waals surface area contributed by atoms with E-state index in [-0.39, 0.29) is 21.9 Å². The summed E-state index contributed by atoms with van der Waals surface area (Å²) < 4.78 is 72.8. The Bertz CT molecular complexity index is 688. The van der Waals surface area contributed by atoms with Crippen molar-refractivity contribution in [2.75, 3.05) is 24.0 Å². The molecule has 6 nitrogen and oxygen atoms in total. The maximum absolute atomic E-state index is 12.1. The summed E-state index contributed by atoms with van der Waals surface area (Å²) in [5.74, 6) is -0.349. The molecule has 26 heavy (non-hydrogen) atoms. The molecule has 2 heterocycles. The SMILES string of the molecule is CSc1nc(N)cc(C(F)(F)F)n1.CSc1nc(N)cc(C(F)(F)F)n1. The number of nitrogens with two attached hydrogens (primary N) is 2. The number of rotatable bonds is 2. The van der Waals surface area contributed by atoms with Crippen molar-refractivity contribution < 1.29 is 26.3 Å². The molecule has 2 rings (SSSR count). The average molecular weight is 418 g/mol. The third-order valence-corrected chi connectivity index (χ3v) is 3.49. The molecule has 0 aliphatic rings. The van der Waals surface area contributed by atoms with Crippen LogP contribution in [0, 0.1) is 0 Å². The molecule has 0 bridgehead atoms. The van der Waals surface area contributed by atoms with Gasteiger partial charge in [-0.15, -0.1) is 0 Å². The fourth-order valence-electron chi connectivity index (χ4n) is 1.36. The molecule has 2 aromatic heterocycles. The largest absolute Gasteiger partial charge is 0.433 e. The first-order chi connectivity index (χ1) is 11.9. The molecule has 0 aliphatic carbocycles. The van der Waals surface area contributed by atoms with E-state index in [4.69, 9.17) is 11.5 Å². The lowest BCUT2D eigenvalue weighted by atomic mass is 10.4. The maximum Gasteiger partial charge on any atom is 0.433 e. The summed E-state index contributed by atoms with van der Waals surface area (Å²) in [5.41, 5.74) is 8.31. The molecular weight excluding hydrogens is 406 g/mol. The Morgan fingerprint density at radius 1 is 0.692 bits per heavy atom. The van der Waals surface area contributed by atoms with Crippen LogP contribution < -0.4 is 11.5 Å². The van der Waals surface area contributed by atoms with Gasteiger partial charge in [0.25, 0.3) is 0 Å². The Hall–Kier alpha value is -1.96. The second kappa shape index (κ2) is 8.62. The summed E-state index contributed by atoms with van der Waals surface area (Å²) in [6.45, 7) is 0. The number of nitrogen functional groups attached to an aromatic ring is 2. The summed E-state index contributed by atoms with van der Waals surface area (Å²) in [5, 5.41) is 0.0413. The van der Waals surface area contributed by atoms with Crippen molar-refractivity contribution in [3.63, 3.8) is 0 Å². The van der Waals surface area contributed by atoms with E-state index < -0.39 is 23.7 Å². The number of hydrogen-bond donors (Lipinski definition) is 2. The molecule has 4 N–H and O–H groups in total. The molecular formula is C12H12F6N6S2. The van der Waals surface area contributed by atoms with Gasteiger partial charge in [-0.3, -0.25) is 0 Å². The molecule has 0 unspecified atom stereocenters. The molecule has 0 atom stereocenters. The number of nitrogens with zero attached hydrogens (tertiary/aromatic N) is 4. The molecule has 0 saturated heterocycles. The lowest BCUT2D eigenvalue weighted by molar-refractivity contribution is -0.142. The van der Waals surface area contributed by atoms with Crippen LogP contribution in [0.15, 0.2) is 22.4 Å². The van der Waals surface area contributed by atoms with E-state index in [1.807, 2.05) is 0 Å². The van der Waals surface area contributed by atoms with Gasteiger partial charge in [0, 0.05) is 12.1 Å². The van der Waals surface area contributed by atoms with E-state index in [0.717, 1.165) is 23.5 Å². The first-order valence-corrected chi connectivity index (χ1v) is 8.83. The Morgan fingerprint density at radius 3 is 1.23 bits per heavy atom. The van der Waals surface area contributed by atoms with Gasteiger partial charge in [0.2, 0.25) is 0 Å². The Kier molecular flexibility index (Phi) is 7.32.